The molecule has 46 heavy (non-hydrogen) atoms. The zero-order chi connectivity index (χ0) is 32.1. The smallest absolute Gasteiger partial charge is 0.308 e. The summed E-state index contributed by atoms with van der Waals surface area (Å²) in [6, 6.07) is 7.38. The first kappa shape index (κ1) is 31.4. The van der Waals surface area contributed by atoms with Gasteiger partial charge >= 0.3 is 11.9 Å². The van der Waals surface area contributed by atoms with Gasteiger partial charge in [0.25, 0.3) is 0 Å². The van der Waals surface area contributed by atoms with Gasteiger partial charge in [-0.2, -0.15) is 0 Å². The minimum absolute atomic E-state index is 0.0441. The van der Waals surface area contributed by atoms with Gasteiger partial charge in [-0.15, -0.1) is 5.10 Å². The van der Waals surface area contributed by atoms with E-state index in [4.69, 9.17) is 40.3 Å². The fourth-order valence-electron chi connectivity index (χ4n) is 7.75. The molecule has 0 unspecified atom stereocenters. The second-order valence-electron chi connectivity index (χ2n) is 13.2. The predicted octanol–water partition coefficient (Wildman–Crippen LogP) is 5.48. The molecule has 6 heterocycles. The monoisotopic (exact) mass is 654 g/mol. The van der Waals surface area contributed by atoms with Gasteiger partial charge in [0.05, 0.1) is 42.5 Å². The maximum absolute atomic E-state index is 12.8. The maximum atomic E-state index is 12.8. The molecule has 4 aliphatic heterocycles. The Hall–Kier alpha value is -3.16. The highest BCUT2D eigenvalue weighted by atomic mass is 35.5. The van der Waals surface area contributed by atoms with E-state index < -0.39 is 35.9 Å². The van der Waals surface area contributed by atoms with E-state index in [9.17, 15) is 9.59 Å². The lowest BCUT2D eigenvalue weighted by molar-refractivity contribution is -0.576. The number of aromatic nitrogens is 4. The van der Waals surface area contributed by atoms with Crippen LogP contribution in [0.5, 0.6) is 0 Å². The van der Waals surface area contributed by atoms with Gasteiger partial charge in [-0.05, 0) is 75.1 Å². The Balaban J connectivity index is 0.874. The van der Waals surface area contributed by atoms with Crippen molar-refractivity contribution in [3.8, 4) is 5.69 Å². The summed E-state index contributed by atoms with van der Waals surface area (Å²) in [5, 5.41) is 10.0. The predicted molar refractivity (Wildman–Crippen MR) is 163 cm³/mol. The molecular weight excluding hydrogens is 616 g/mol. The third-order valence-corrected chi connectivity index (χ3v) is 10.4. The van der Waals surface area contributed by atoms with Crippen LogP contribution in [-0.2, 0) is 44.7 Å². The van der Waals surface area contributed by atoms with Crippen molar-refractivity contribution in [1.82, 2.24) is 20.0 Å². The van der Waals surface area contributed by atoms with Gasteiger partial charge in [0, 0.05) is 34.9 Å². The van der Waals surface area contributed by atoms with Gasteiger partial charge in [0.2, 0.25) is 12.1 Å². The highest BCUT2D eigenvalue weighted by Crippen LogP contribution is 2.60. The lowest BCUT2D eigenvalue weighted by Crippen LogP contribution is -2.70. The van der Waals surface area contributed by atoms with Crippen LogP contribution < -0.4 is 0 Å². The first-order valence-corrected chi connectivity index (χ1v) is 16.5. The first-order chi connectivity index (χ1) is 22.1. The van der Waals surface area contributed by atoms with Crippen molar-refractivity contribution in [2.24, 2.45) is 23.7 Å². The second-order valence-corrected chi connectivity index (χ2v) is 13.7. The van der Waals surface area contributed by atoms with Crippen molar-refractivity contribution in [1.29, 1.82) is 0 Å². The molecule has 1 aliphatic carbocycles. The highest BCUT2D eigenvalue weighted by molar-refractivity contribution is 6.31. The van der Waals surface area contributed by atoms with Crippen LogP contribution in [0.25, 0.3) is 16.6 Å². The van der Waals surface area contributed by atoms with Crippen LogP contribution in [0.1, 0.15) is 71.4 Å². The average Bonchev–Trinajstić information content (AvgIpc) is 3.39. The number of hydrogen-bond acceptors (Lipinski definition) is 11. The van der Waals surface area contributed by atoms with E-state index in [0.29, 0.717) is 30.2 Å². The summed E-state index contributed by atoms with van der Waals surface area (Å²) in [7, 11) is 0. The molecule has 2 bridgehead atoms. The molecule has 8 rings (SSSR count). The fourth-order valence-corrected chi connectivity index (χ4v) is 7.91. The molecule has 0 radical (unpaired) electrons. The number of halogens is 1. The summed E-state index contributed by atoms with van der Waals surface area (Å²) in [5.74, 6) is -1.32. The third-order valence-electron chi connectivity index (χ3n) is 10.2. The van der Waals surface area contributed by atoms with Crippen LogP contribution in [-0.4, -0.2) is 62.5 Å². The minimum atomic E-state index is -0.906. The molecule has 2 aromatic heterocycles. The number of benzene rings is 1. The molecule has 5 fully saturated rings. The number of carbonyl (C=O) groups is 2. The Bertz CT molecular complexity index is 1620. The van der Waals surface area contributed by atoms with Gasteiger partial charge in [0.1, 0.15) is 0 Å². The lowest BCUT2D eigenvalue weighted by Gasteiger charge is -2.59. The SMILES string of the molecule is C[C@H]1[C@H](OC(=O)CCC(=O)OCCCc2cn(-c3ccnc4cc(Cl)ccc34)nn2)O[C@@H]2O[C@@]3(C)CC[C@H]4[C@H](C)CC[C@@H]1[C@@]24OO3. The van der Waals surface area contributed by atoms with E-state index in [-0.39, 0.29) is 37.2 Å². The van der Waals surface area contributed by atoms with Gasteiger partial charge in [-0.1, -0.05) is 30.7 Å². The molecule has 0 N–H and O–H groups in total. The van der Waals surface area contributed by atoms with Crippen molar-refractivity contribution in [2.45, 2.75) is 96.1 Å². The minimum Gasteiger partial charge on any atom is -0.466 e. The molecular formula is C33H39ClN4O8. The number of pyridine rings is 1. The largest absolute Gasteiger partial charge is 0.466 e. The Kier molecular flexibility index (Phi) is 8.52. The Morgan fingerprint density at radius 1 is 1.09 bits per heavy atom. The van der Waals surface area contributed by atoms with Crippen molar-refractivity contribution in [3.63, 3.8) is 0 Å². The number of fused-ring (bicyclic) bond motifs is 3. The van der Waals surface area contributed by atoms with Gasteiger partial charge < -0.3 is 18.9 Å². The third kappa shape index (κ3) is 5.79. The Labute approximate surface area is 271 Å². The van der Waals surface area contributed by atoms with E-state index in [1.54, 1.807) is 16.9 Å². The van der Waals surface area contributed by atoms with E-state index in [2.05, 4.69) is 22.2 Å². The quantitative estimate of drug-likeness (QED) is 0.165. The topological polar surface area (TPSA) is 133 Å². The summed E-state index contributed by atoms with van der Waals surface area (Å²) in [5.41, 5.74) is 1.64. The van der Waals surface area contributed by atoms with Crippen LogP contribution >= 0.6 is 11.6 Å². The number of aryl methyl sites for hydroxylation is 1. The molecule has 0 amide bonds. The van der Waals surface area contributed by atoms with E-state index in [1.165, 1.54) is 0 Å². The summed E-state index contributed by atoms with van der Waals surface area (Å²) in [4.78, 5) is 41.6. The summed E-state index contributed by atoms with van der Waals surface area (Å²) < 4.78 is 25.5. The van der Waals surface area contributed by atoms with Crippen molar-refractivity contribution >= 4 is 34.4 Å². The summed E-state index contributed by atoms with van der Waals surface area (Å²) in [6.45, 7) is 6.32. The standard InChI is InChI=1S/C33H39ClN4O8/c1-19-6-9-25-20(2)30(43-31-33(25)24(19)12-14-32(3,44-31)45-46-33)42-29(40)11-10-28(39)41-16-4-5-22-18-38(37-36-22)27-13-15-35-26-17-21(34)7-8-23(26)27/h7-8,13,15,17-20,24-25,30-31H,4-6,9-12,14,16H2,1-3H3/t19-,20-,24+,25+,30-,31-,32-,33-/m1/s1. The van der Waals surface area contributed by atoms with Gasteiger partial charge in [0.15, 0.2) is 11.9 Å². The number of ether oxygens (including phenoxy) is 4. The summed E-state index contributed by atoms with van der Waals surface area (Å²) >= 11 is 6.10. The number of carbonyl (C=O) groups excluding carboxylic acids is 2. The molecule has 246 valence electrons. The van der Waals surface area contributed by atoms with Crippen LogP contribution in [0, 0.1) is 23.7 Å². The number of hydrogen-bond donors (Lipinski definition) is 0. The molecule has 5 aliphatic rings. The van der Waals surface area contributed by atoms with Crippen molar-refractivity contribution in [2.75, 3.05) is 6.61 Å². The highest BCUT2D eigenvalue weighted by Gasteiger charge is 2.69. The average molecular weight is 655 g/mol. The van der Waals surface area contributed by atoms with E-state index >= 15 is 0 Å². The molecule has 12 nitrogen and oxygen atoms in total. The Morgan fingerprint density at radius 3 is 2.80 bits per heavy atom. The number of rotatable bonds is 9. The second kappa shape index (κ2) is 12.5. The van der Waals surface area contributed by atoms with Crippen molar-refractivity contribution < 1.29 is 38.3 Å². The normalized spacial score (nSPS) is 33.3. The lowest BCUT2D eigenvalue weighted by atomic mass is 9.58. The van der Waals surface area contributed by atoms with Crippen molar-refractivity contribution in [3.05, 3.63) is 47.4 Å². The fraction of sp³-hybridized carbons (Fsp3) is 0.606. The zero-order valence-electron chi connectivity index (χ0n) is 26.2. The van der Waals surface area contributed by atoms with Crippen LogP contribution in [0.2, 0.25) is 5.02 Å². The molecule has 1 saturated carbocycles. The molecule has 3 aromatic rings. The van der Waals surface area contributed by atoms with E-state index in [0.717, 1.165) is 41.5 Å². The molecule has 8 atom stereocenters. The molecule has 1 spiro atoms. The Morgan fingerprint density at radius 2 is 1.93 bits per heavy atom. The summed E-state index contributed by atoms with van der Waals surface area (Å²) in [6.07, 6.45) is 6.56. The van der Waals surface area contributed by atoms with Crippen LogP contribution in [0.3, 0.4) is 0 Å². The number of nitrogens with zero attached hydrogens (tertiary/aromatic N) is 4. The molecule has 4 saturated heterocycles. The van der Waals surface area contributed by atoms with Crippen LogP contribution in [0.4, 0.5) is 0 Å². The maximum Gasteiger partial charge on any atom is 0.308 e. The number of esters is 2. The zero-order valence-corrected chi connectivity index (χ0v) is 27.0. The first-order valence-electron chi connectivity index (χ1n) is 16.2. The molecule has 13 heteroatoms. The van der Waals surface area contributed by atoms with Crippen LogP contribution in [0.15, 0.2) is 36.7 Å². The van der Waals surface area contributed by atoms with Gasteiger partial charge in [-0.3, -0.25) is 14.6 Å². The van der Waals surface area contributed by atoms with E-state index in [1.807, 2.05) is 38.2 Å². The van der Waals surface area contributed by atoms with Gasteiger partial charge in [-0.25, -0.2) is 14.5 Å². The molecule has 1 aromatic carbocycles.